The van der Waals surface area contributed by atoms with E-state index in [1.54, 1.807) is 0 Å². The summed E-state index contributed by atoms with van der Waals surface area (Å²) in [7, 11) is 2.17. The predicted molar refractivity (Wildman–Crippen MR) is 161 cm³/mol. The number of nitrogens with one attached hydrogen (secondary N) is 1. The zero-order valence-corrected chi connectivity index (χ0v) is 25.3. The van der Waals surface area contributed by atoms with Crippen LogP contribution in [0.15, 0.2) is 36.2 Å². The topological polar surface area (TPSA) is 74.8 Å². The first kappa shape index (κ1) is 27.9. The summed E-state index contributed by atoms with van der Waals surface area (Å²) in [5.74, 6) is 2.02. The lowest BCUT2D eigenvalue weighted by Gasteiger charge is -2.59. The van der Waals surface area contributed by atoms with E-state index >= 15 is 0 Å². The standard InChI is InChI=1S/C33H46N4O3S/c1-36-14-6-10-24(36)11-13-35-33(39)27-19-37-28-15-21-7-2-3-8-22(21)16-29(28)40-30-18-25(17-26(31(30)37)32(27)38)41-20-23-9-4-5-12-34-23/h4-5,9,12,19,21-22,24-26,28-31H,2-3,6-8,10-11,13-18,20H2,1H3,(H,35,39). The number of rotatable bonds is 7. The molecule has 6 aliphatic rings. The molecule has 7 rings (SSSR count). The van der Waals surface area contributed by atoms with Crippen molar-refractivity contribution in [2.24, 2.45) is 17.8 Å². The van der Waals surface area contributed by atoms with Gasteiger partial charge in [-0.15, -0.1) is 0 Å². The Hall–Kier alpha value is -1.90. The number of hydrogen-bond acceptors (Lipinski definition) is 7. The first-order valence-corrected chi connectivity index (χ1v) is 17.3. The molecule has 1 aromatic rings. The molecule has 1 N–H and O–H groups in total. The highest BCUT2D eigenvalue weighted by Crippen LogP contribution is 2.51. The number of hydrogen-bond donors (Lipinski definition) is 1. The third-order valence-corrected chi connectivity index (χ3v) is 12.5. The molecule has 2 saturated heterocycles. The Balaban J connectivity index is 1.11. The molecule has 1 amide bonds. The van der Waals surface area contributed by atoms with E-state index in [1.807, 2.05) is 36.3 Å². The molecule has 7 nitrogen and oxygen atoms in total. The van der Waals surface area contributed by atoms with Gasteiger partial charge in [0.2, 0.25) is 0 Å². The molecule has 9 atom stereocenters. The molecule has 3 saturated carbocycles. The van der Waals surface area contributed by atoms with Crippen molar-refractivity contribution < 1.29 is 14.3 Å². The van der Waals surface area contributed by atoms with Gasteiger partial charge in [0.25, 0.3) is 5.91 Å². The summed E-state index contributed by atoms with van der Waals surface area (Å²) in [5.41, 5.74) is 1.45. The number of aromatic nitrogens is 1. The number of carbonyl (C=O) groups is 2. The SMILES string of the molecule is CN1CCCC1CCNC(=O)C1=CN2C3CC4CCCCC4CC3OC3CC(SCc4ccccn4)CC(C1=O)C32. The number of fused-ring (bicyclic) bond motifs is 3. The minimum atomic E-state index is -0.188. The molecule has 4 heterocycles. The summed E-state index contributed by atoms with van der Waals surface area (Å²) in [4.78, 5) is 37.1. The van der Waals surface area contributed by atoms with Gasteiger partial charge in [-0.3, -0.25) is 14.6 Å². The van der Waals surface area contributed by atoms with Crippen molar-refractivity contribution in [2.45, 2.75) is 112 Å². The number of ether oxygens (including phenoxy) is 1. The Bertz CT molecular complexity index is 1150. The maximum absolute atomic E-state index is 14.1. The summed E-state index contributed by atoms with van der Waals surface area (Å²) < 4.78 is 6.98. The van der Waals surface area contributed by atoms with Crippen molar-refractivity contribution in [1.82, 2.24) is 20.1 Å². The maximum atomic E-state index is 14.1. The number of nitrogens with zero attached hydrogens (tertiary/aromatic N) is 3. The van der Waals surface area contributed by atoms with Crippen LogP contribution >= 0.6 is 11.8 Å². The van der Waals surface area contributed by atoms with E-state index in [-0.39, 0.29) is 41.9 Å². The highest BCUT2D eigenvalue weighted by Gasteiger charge is 2.56. The number of morpholine rings is 1. The average Bonchev–Trinajstić information content (AvgIpc) is 3.41. The van der Waals surface area contributed by atoms with Crippen LogP contribution in [0.25, 0.3) is 0 Å². The molecule has 0 aromatic carbocycles. The molecular formula is C33H46N4O3S. The Morgan fingerprint density at radius 2 is 1.93 bits per heavy atom. The van der Waals surface area contributed by atoms with Crippen LogP contribution in [-0.4, -0.2) is 82.2 Å². The molecule has 3 aliphatic heterocycles. The summed E-state index contributed by atoms with van der Waals surface area (Å²) >= 11 is 1.90. The van der Waals surface area contributed by atoms with Crippen molar-refractivity contribution in [2.75, 3.05) is 20.1 Å². The number of Topliss-reactive ketones (excluding diaryl/α,β-unsaturated/α-hetero) is 1. The number of carbonyl (C=O) groups excluding carboxylic acids is 2. The average molecular weight is 579 g/mol. The van der Waals surface area contributed by atoms with Crippen molar-refractivity contribution in [3.8, 4) is 0 Å². The van der Waals surface area contributed by atoms with E-state index in [4.69, 9.17) is 4.74 Å². The highest BCUT2D eigenvalue weighted by molar-refractivity contribution is 7.99. The molecule has 9 unspecified atom stereocenters. The fourth-order valence-corrected chi connectivity index (χ4v) is 10.3. The maximum Gasteiger partial charge on any atom is 0.256 e. The van der Waals surface area contributed by atoms with Crippen LogP contribution in [0.2, 0.25) is 0 Å². The second-order valence-corrected chi connectivity index (χ2v) is 14.8. The number of thioether (sulfide) groups is 1. The van der Waals surface area contributed by atoms with Crippen molar-refractivity contribution in [1.29, 1.82) is 0 Å². The minimum Gasteiger partial charge on any atom is -0.371 e. The number of pyridine rings is 1. The van der Waals surface area contributed by atoms with Crippen LogP contribution in [0.1, 0.15) is 76.3 Å². The first-order valence-electron chi connectivity index (χ1n) is 16.2. The summed E-state index contributed by atoms with van der Waals surface area (Å²) in [6, 6.07) is 6.92. The Kier molecular flexibility index (Phi) is 8.17. The predicted octanol–water partition coefficient (Wildman–Crippen LogP) is 4.57. The van der Waals surface area contributed by atoms with E-state index < -0.39 is 0 Å². The Morgan fingerprint density at radius 1 is 1.07 bits per heavy atom. The minimum absolute atomic E-state index is 0.0308. The zero-order chi connectivity index (χ0) is 27.9. The van der Waals surface area contributed by atoms with Crippen LogP contribution in [0.3, 0.4) is 0 Å². The second-order valence-electron chi connectivity index (χ2n) is 13.6. The lowest BCUT2D eigenvalue weighted by atomic mass is 9.65. The van der Waals surface area contributed by atoms with Gasteiger partial charge in [0.15, 0.2) is 5.78 Å². The molecule has 41 heavy (non-hydrogen) atoms. The second kappa shape index (κ2) is 12.0. The van der Waals surface area contributed by atoms with Gasteiger partial charge in [-0.2, -0.15) is 11.8 Å². The van der Waals surface area contributed by atoms with Crippen LogP contribution in [0.5, 0.6) is 0 Å². The van der Waals surface area contributed by atoms with Gasteiger partial charge in [-0.1, -0.05) is 31.7 Å². The molecule has 0 radical (unpaired) electrons. The molecule has 1 aromatic heterocycles. The smallest absolute Gasteiger partial charge is 0.256 e. The fourth-order valence-electron chi connectivity index (χ4n) is 9.08. The Morgan fingerprint density at radius 3 is 2.71 bits per heavy atom. The monoisotopic (exact) mass is 578 g/mol. The van der Waals surface area contributed by atoms with E-state index in [0.29, 0.717) is 23.4 Å². The quantitative estimate of drug-likeness (QED) is 0.475. The fraction of sp³-hybridized carbons (Fsp3) is 0.727. The highest BCUT2D eigenvalue weighted by atomic mass is 32.2. The number of likely N-dealkylation sites (tertiary alicyclic amines) is 1. The van der Waals surface area contributed by atoms with Gasteiger partial charge in [-0.05, 0) is 82.5 Å². The van der Waals surface area contributed by atoms with Crippen LogP contribution < -0.4 is 5.32 Å². The molecule has 8 heteroatoms. The third kappa shape index (κ3) is 5.61. The zero-order valence-electron chi connectivity index (χ0n) is 24.5. The van der Waals surface area contributed by atoms with Crippen LogP contribution in [0.4, 0.5) is 0 Å². The molecule has 0 bridgehead atoms. The van der Waals surface area contributed by atoms with E-state index in [1.165, 1.54) is 38.5 Å². The van der Waals surface area contributed by atoms with Gasteiger partial charge < -0.3 is 19.9 Å². The molecular weight excluding hydrogens is 532 g/mol. The van der Waals surface area contributed by atoms with Gasteiger partial charge in [-0.25, -0.2) is 0 Å². The molecule has 5 fully saturated rings. The van der Waals surface area contributed by atoms with E-state index in [9.17, 15) is 9.59 Å². The molecule has 0 spiro atoms. The van der Waals surface area contributed by atoms with Gasteiger partial charge in [0.1, 0.15) is 0 Å². The Labute approximate surface area is 249 Å². The lowest BCUT2D eigenvalue weighted by Crippen LogP contribution is -2.68. The van der Waals surface area contributed by atoms with Gasteiger partial charge in [0, 0.05) is 41.9 Å². The summed E-state index contributed by atoms with van der Waals surface area (Å²) in [6.07, 6.45) is 16.8. The van der Waals surface area contributed by atoms with Crippen LogP contribution in [0, 0.1) is 17.8 Å². The van der Waals surface area contributed by atoms with Crippen molar-refractivity contribution in [3.05, 3.63) is 41.9 Å². The molecule has 222 valence electrons. The van der Waals surface area contributed by atoms with Crippen molar-refractivity contribution >= 4 is 23.5 Å². The van der Waals surface area contributed by atoms with Gasteiger partial charge in [0.05, 0.1) is 35.6 Å². The lowest BCUT2D eigenvalue weighted by molar-refractivity contribution is -0.192. The number of amides is 1. The van der Waals surface area contributed by atoms with Gasteiger partial charge >= 0.3 is 0 Å². The summed E-state index contributed by atoms with van der Waals surface area (Å²) in [6.45, 7) is 1.75. The van der Waals surface area contributed by atoms with E-state index in [0.717, 1.165) is 61.9 Å². The third-order valence-electron chi connectivity index (χ3n) is 11.2. The van der Waals surface area contributed by atoms with Crippen LogP contribution in [-0.2, 0) is 20.1 Å². The van der Waals surface area contributed by atoms with Crippen molar-refractivity contribution in [3.63, 3.8) is 0 Å². The summed E-state index contributed by atoms with van der Waals surface area (Å²) in [5, 5.41) is 3.47. The number of ketones is 1. The first-order chi connectivity index (χ1) is 20.0. The normalized spacial score (nSPS) is 38.5. The largest absolute Gasteiger partial charge is 0.371 e. The van der Waals surface area contributed by atoms with E-state index in [2.05, 4.69) is 33.2 Å². The molecule has 3 aliphatic carbocycles.